The molecule has 0 amide bonds. The van der Waals surface area contributed by atoms with Gasteiger partial charge in [-0.3, -0.25) is 9.59 Å². The fourth-order valence-corrected chi connectivity index (χ4v) is 1.56. The monoisotopic (exact) mass is 234 g/mol. The molecule has 0 spiro atoms. The van der Waals surface area contributed by atoms with Crippen molar-refractivity contribution in [2.45, 2.75) is 33.3 Å². The number of rotatable bonds is 5. The molecule has 0 fully saturated rings. The van der Waals surface area contributed by atoms with Crippen molar-refractivity contribution in [3.63, 3.8) is 0 Å². The van der Waals surface area contributed by atoms with E-state index in [9.17, 15) is 9.59 Å². The molecule has 92 valence electrons. The maximum atomic E-state index is 11.8. The summed E-state index contributed by atoms with van der Waals surface area (Å²) in [5.41, 5.74) is 0.966. The Hall–Kier alpha value is -1.64. The van der Waals surface area contributed by atoms with Gasteiger partial charge in [0, 0.05) is 0 Å². The molecule has 1 unspecified atom stereocenters. The van der Waals surface area contributed by atoms with E-state index < -0.39 is 11.9 Å². The second-order valence-corrected chi connectivity index (χ2v) is 4.34. The van der Waals surface area contributed by atoms with Crippen LogP contribution >= 0.6 is 0 Å². The molecule has 0 aromatic heterocycles. The van der Waals surface area contributed by atoms with Crippen LogP contribution in [0.15, 0.2) is 30.3 Å². The van der Waals surface area contributed by atoms with Crippen LogP contribution in [0.25, 0.3) is 0 Å². The maximum absolute atomic E-state index is 11.8. The second-order valence-electron chi connectivity index (χ2n) is 4.34. The van der Waals surface area contributed by atoms with Crippen molar-refractivity contribution in [3.05, 3.63) is 35.9 Å². The third-order valence-corrected chi connectivity index (χ3v) is 2.41. The lowest BCUT2D eigenvalue weighted by atomic mass is 9.96. The number of hydrogen-bond acceptors (Lipinski definition) is 3. The Labute approximate surface area is 102 Å². The largest absolute Gasteiger partial charge is 0.462 e. The van der Waals surface area contributed by atoms with Crippen LogP contribution in [0.2, 0.25) is 0 Å². The van der Waals surface area contributed by atoms with Crippen LogP contribution in [-0.4, -0.2) is 17.9 Å². The summed E-state index contributed by atoms with van der Waals surface area (Å²) in [6.07, 6.45) is 0.210. The highest BCUT2D eigenvalue weighted by atomic mass is 16.5. The van der Waals surface area contributed by atoms with Gasteiger partial charge in [-0.25, -0.2) is 0 Å². The lowest BCUT2D eigenvalue weighted by molar-refractivity contribution is -0.154. The highest BCUT2D eigenvalue weighted by Crippen LogP contribution is 2.12. The average molecular weight is 234 g/mol. The van der Waals surface area contributed by atoms with E-state index in [1.807, 2.05) is 30.3 Å². The number of benzene rings is 1. The molecule has 3 heteroatoms. The van der Waals surface area contributed by atoms with Crippen LogP contribution in [0, 0.1) is 5.92 Å². The molecule has 17 heavy (non-hydrogen) atoms. The minimum atomic E-state index is -0.695. The number of ketones is 1. The summed E-state index contributed by atoms with van der Waals surface area (Å²) in [5.74, 6) is -1.28. The summed E-state index contributed by atoms with van der Waals surface area (Å²) in [7, 11) is 0. The van der Waals surface area contributed by atoms with E-state index in [0.29, 0.717) is 6.42 Å². The van der Waals surface area contributed by atoms with Crippen molar-refractivity contribution < 1.29 is 14.3 Å². The van der Waals surface area contributed by atoms with Crippen LogP contribution in [0.4, 0.5) is 0 Å². The van der Waals surface area contributed by atoms with Gasteiger partial charge in [-0.05, 0) is 32.8 Å². The molecule has 0 N–H and O–H groups in total. The first-order valence-electron chi connectivity index (χ1n) is 5.75. The molecular weight excluding hydrogens is 216 g/mol. The molecule has 0 saturated heterocycles. The summed E-state index contributed by atoms with van der Waals surface area (Å²) >= 11 is 0. The van der Waals surface area contributed by atoms with Crippen LogP contribution < -0.4 is 0 Å². The van der Waals surface area contributed by atoms with Crippen LogP contribution in [0.3, 0.4) is 0 Å². The maximum Gasteiger partial charge on any atom is 0.317 e. The van der Waals surface area contributed by atoms with E-state index in [1.165, 1.54) is 6.92 Å². The Bertz CT molecular complexity index is 382. The fraction of sp³-hybridized carbons (Fsp3) is 0.429. The average Bonchev–Trinajstić information content (AvgIpc) is 2.25. The van der Waals surface area contributed by atoms with Gasteiger partial charge in [0.15, 0.2) is 0 Å². The van der Waals surface area contributed by atoms with Crippen molar-refractivity contribution >= 4 is 11.8 Å². The van der Waals surface area contributed by atoms with Gasteiger partial charge in [0.05, 0.1) is 6.10 Å². The molecule has 3 nitrogen and oxygen atoms in total. The van der Waals surface area contributed by atoms with E-state index in [4.69, 9.17) is 4.74 Å². The standard InChI is InChI=1S/C14H18O3/c1-10(2)17-14(16)13(11(3)15)9-12-7-5-4-6-8-12/h4-8,10,13H,9H2,1-3H3. The summed E-state index contributed by atoms with van der Waals surface area (Å²) in [6.45, 7) is 4.98. The minimum Gasteiger partial charge on any atom is -0.462 e. The lowest BCUT2D eigenvalue weighted by Gasteiger charge is -2.15. The summed E-state index contributed by atoms with van der Waals surface area (Å²) < 4.78 is 5.09. The van der Waals surface area contributed by atoms with Crippen molar-refractivity contribution in [3.8, 4) is 0 Å². The zero-order valence-electron chi connectivity index (χ0n) is 10.5. The first kappa shape index (κ1) is 13.4. The van der Waals surface area contributed by atoms with E-state index in [1.54, 1.807) is 13.8 Å². The molecule has 0 aliphatic rings. The molecule has 0 radical (unpaired) electrons. The first-order valence-corrected chi connectivity index (χ1v) is 5.75. The first-order chi connectivity index (χ1) is 8.00. The van der Waals surface area contributed by atoms with Crippen molar-refractivity contribution in [1.82, 2.24) is 0 Å². The van der Waals surface area contributed by atoms with Crippen LogP contribution in [-0.2, 0) is 20.7 Å². The number of carbonyl (C=O) groups is 2. The number of ether oxygens (including phenoxy) is 1. The molecule has 0 saturated carbocycles. The Morgan fingerprint density at radius 1 is 1.18 bits per heavy atom. The van der Waals surface area contributed by atoms with Gasteiger partial charge in [-0.15, -0.1) is 0 Å². The lowest BCUT2D eigenvalue weighted by Crippen LogP contribution is -2.28. The van der Waals surface area contributed by atoms with Crippen molar-refractivity contribution in [2.75, 3.05) is 0 Å². The molecule has 1 aromatic carbocycles. The van der Waals surface area contributed by atoms with Crippen LogP contribution in [0.5, 0.6) is 0 Å². The summed E-state index contributed by atoms with van der Waals surface area (Å²) in [5, 5.41) is 0. The third kappa shape index (κ3) is 4.39. The van der Waals surface area contributed by atoms with Crippen molar-refractivity contribution in [2.24, 2.45) is 5.92 Å². The third-order valence-electron chi connectivity index (χ3n) is 2.41. The molecule has 0 aliphatic carbocycles. The predicted octanol–water partition coefficient (Wildman–Crippen LogP) is 2.39. The van der Waals surface area contributed by atoms with Gasteiger partial charge in [0.25, 0.3) is 0 Å². The van der Waals surface area contributed by atoms with E-state index in [-0.39, 0.29) is 11.9 Å². The fourth-order valence-electron chi connectivity index (χ4n) is 1.56. The quantitative estimate of drug-likeness (QED) is 0.580. The van der Waals surface area contributed by atoms with Gasteiger partial charge in [0.1, 0.15) is 11.7 Å². The van der Waals surface area contributed by atoms with Crippen molar-refractivity contribution in [1.29, 1.82) is 0 Å². The minimum absolute atomic E-state index is 0.153. The second kappa shape index (κ2) is 6.18. The molecule has 0 aliphatic heterocycles. The topological polar surface area (TPSA) is 43.4 Å². The Morgan fingerprint density at radius 3 is 2.24 bits per heavy atom. The van der Waals surface area contributed by atoms with E-state index in [2.05, 4.69) is 0 Å². The van der Waals surface area contributed by atoms with E-state index in [0.717, 1.165) is 5.56 Å². The van der Waals surface area contributed by atoms with Gasteiger partial charge in [0.2, 0.25) is 0 Å². The molecule has 0 bridgehead atoms. The van der Waals surface area contributed by atoms with Crippen LogP contribution in [0.1, 0.15) is 26.3 Å². The SMILES string of the molecule is CC(=O)C(Cc1ccccc1)C(=O)OC(C)C. The van der Waals surface area contributed by atoms with Gasteiger partial charge in [-0.1, -0.05) is 30.3 Å². The zero-order chi connectivity index (χ0) is 12.8. The van der Waals surface area contributed by atoms with Gasteiger partial charge >= 0.3 is 5.97 Å². The highest BCUT2D eigenvalue weighted by molar-refractivity contribution is 5.98. The Balaban J connectivity index is 2.74. The van der Waals surface area contributed by atoms with E-state index >= 15 is 0 Å². The normalized spacial score (nSPS) is 12.2. The number of hydrogen-bond donors (Lipinski definition) is 0. The smallest absolute Gasteiger partial charge is 0.317 e. The number of esters is 1. The summed E-state index contributed by atoms with van der Waals surface area (Å²) in [6, 6.07) is 9.48. The molecule has 1 atom stereocenters. The Morgan fingerprint density at radius 2 is 1.76 bits per heavy atom. The number of carbonyl (C=O) groups excluding carboxylic acids is 2. The number of Topliss-reactive ketones (excluding diaryl/α,β-unsaturated/α-hetero) is 1. The van der Waals surface area contributed by atoms with Gasteiger partial charge in [-0.2, -0.15) is 0 Å². The Kier molecular flexibility index (Phi) is 4.88. The zero-order valence-corrected chi connectivity index (χ0v) is 10.5. The molecule has 1 aromatic rings. The predicted molar refractivity (Wildman–Crippen MR) is 65.5 cm³/mol. The highest BCUT2D eigenvalue weighted by Gasteiger charge is 2.25. The summed E-state index contributed by atoms with van der Waals surface area (Å²) in [4.78, 5) is 23.2. The molecule has 1 rings (SSSR count). The molecular formula is C14H18O3. The molecule has 0 heterocycles. The van der Waals surface area contributed by atoms with Gasteiger partial charge < -0.3 is 4.74 Å².